The predicted octanol–water partition coefficient (Wildman–Crippen LogP) is 3.70. The highest BCUT2D eigenvalue weighted by Crippen LogP contribution is 2.31. The fraction of sp³-hybridized carbons (Fsp3) is 0. The van der Waals surface area contributed by atoms with Crippen LogP contribution in [0.1, 0.15) is 10.4 Å². The molecule has 2 aromatic carbocycles. The van der Waals surface area contributed by atoms with Crippen LogP contribution in [0.15, 0.2) is 82.0 Å². The average Bonchev–Trinajstić information content (AvgIpc) is 2.68. The first-order chi connectivity index (χ1) is 13.4. The molecule has 3 N–H and O–H groups in total. The minimum Gasteiger partial charge on any atom is -0.505 e. The molecule has 0 fully saturated rings. The Morgan fingerprint density at radius 2 is 1.71 bits per heavy atom. The number of azo groups is 1. The minimum atomic E-state index is -3.81. The number of nitrogens with zero attached hydrogens (tertiary/aromatic N) is 3. The number of anilines is 1. The number of rotatable bonds is 6. The highest BCUT2D eigenvalue weighted by atomic mass is 32.2. The van der Waals surface area contributed by atoms with Gasteiger partial charge in [0, 0.05) is 6.20 Å². The Kier molecular flexibility index (Phi) is 5.32. The van der Waals surface area contributed by atoms with Gasteiger partial charge in [-0.15, -0.1) is 5.11 Å². The molecule has 0 aliphatic heterocycles. The van der Waals surface area contributed by atoms with Crippen molar-refractivity contribution in [2.75, 3.05) is 4.72 Å². The summed E-state index contributed by atoms with van der Waals surface area (Å²) in [7, 11) is -3.81. The second-order valence-electron chi connectivity index (χ2n) is 5.49. The Labute approximate surface area is 160 Å². The molecule has 0 saturated heterocycles. The van der Waals surface area contributed by atoms with Gasteiger partial charge in [0.2, 0.25) is 0 Å². The number of aromatic carboxylic acids is 1. The van der Waals surface area contributed by atoms with E-state index in [1.165, 1.54) is 54.7 Å². The normalized spacial score (nSPS) is 11.4. The zero-order chi connectivity index (χ0) is 20.1. The van der Waals surface area contributed by atoms with Gasteiger partial charge in [-0.3, -0.25) is 4.72 Å². The van der Waals surface area contributed by atoms with Gasteiger partial charge in [-0.05, 0) is 48.5 Å². The van der Waals surface area contributed by atoms with Gasteiger partial charge >= 0.3 is 5.97 Å². The molecule has 0 aliphatic carbocycles. The zero-order valence-electron chi connectivity index (χ0n) is 14.2. The summed E-state index contributed by atoms with van der Waals surface area (Å²) in [6, 6.07) is 14.5. The SMILES string of the molecule is O=C(O)c1cccc(/N=N/c2ccc(S(=O)(=O)Nc3ccccn3)cc2)c1O. The summed E-state index contributed by atoms with van der Waals surface area (Å²) >= 11 is 0. The molecule has 9 nitrogen and oxygen atoms in total. The maximum Gasteiger partial charge on any atom is 0.339 e. The number of aromatic hydroxyl groups is 1. The third-order valence-electron chi connectivity index (χ3n) is 3.57. The van der Waals surface area contributed by atoms with E-state index in [0.29, 0.717) is 5.69 Å². The number of carboxylic acids is 1. The number of para-hydroxylation sites is 1. The van der Waals surface area contributed by atoms with Crippen LogP contribution in [0.5, 0.6) is 5.75 Å². The smallest absolute Gasteiger partial charge is 0.339 e. The summed E-state index contributed by atoms with van der Waals surface area (Å²) in [5.41, 5.74) is 0.00354. The molecule has 1 heterocycles. The molecule has 0 unspecified atom stereocenters. The van der Waals surface area contributed by atoms with Crippen molar-refractivity contribution < 1.29 is 23.4 Å². The van der Waals surface area contributed by atoms with Crippen LogP contribution in [0, 0.1) is 0 Å². The highest BCUT2D eigenvalue weighted by molar-refractivity contribution is 7.92. The number of hydrogen-bond donors (Lipinski definition) is 3. The van der Waals surface area contributed by atoms with Crippen molar-refractivity contribution in [3.05, 3.63) is 72.4 Å². The fourth-order valence-corrected chi connectivity index (χ4v) is 3.22. The second-order valence-corrected chi connectivity index (χ2v) is 7.18. The van der Waals surface area contributed by atoms with Crippen molar-refractivity contribution >= 4 is 33.2 Å². The van der Waals surface area contributed by atoms with Gasteiger partial charge in [0.1, 0.15) is 17.1 Å². The predicted molar refractivity (Wildman–Crippen MR) is 101 cm³/mol. The van der Waals surface area contributed by atoms with Gasteiger partial charge in [0.05, 0.1) is 10.6 Å². The first-order valence-corrected chi connectivity index (χ1v) is 9.36. The summed E-state index contributed by atoms with van der Waals surface area (Å²) in [6.07, 6.45) is 1.47. The van der Waals surface area contributed by atoms with E-state index >= 15 is 0 Å². The summed E-state index contributed by atoms with van der Waals surface area (Å²) in [5, 5.41) is 26.6. The van der Waals surface area contributed by atoms with Crippen molar-refractivity contribution in [2.24, 2.45) is 10.2 Å². The number of carbonyl (C=O) groups is 1. The van der Waals surface area contributed by atoms with Crippen molar-refractivity contribution in [2.45, 2.75) is 4.90 Å². The summed E-state index contributed by atoms with van der Waals surface area (Å²) in [6.45, 7) is 0. The Bertz CT molecular complexity index is 1130. The monoisotopic (exact) mass is 398 g/mol. The molecule has 0 amide bonds. The number of hydrogen-bond acceptors (Lipinski definition) is 7. The molecule has 10 heteroatoms. The molecular weight excluding hydrogens is 384 g/mol. The van der Waals surface area contributed by atoms with Crippen molar-refractivity contribution in [3.8, 4) is 5.75 Å². The molecule has 3 rings (SSSR count). The lowest BCUT2D eigenvalue weighted by molar-refractivity contribution is 0.0694. The lowest BCUT2D eigenvalue weighted by atomic mass is 10.2. The second kappa shape index (κ2) is 7.84. The summed E-state index contributed by atoms with van der Waals surface area (Å²) in [5.74, 6) is -1.60. The number of aromatic nitrogens is 1. The van der Waals surface area contributed by atoms with Gasteiger partial charge in [0.25, 0.3) is 10.0 Å². The van der Waals surface area contributed by atoms with Crippen LogP contribution in [0.3, 0.4) is 0 Å². The molecule has 142 valence electrons. The molecule has 0 aliphatic rings. The van der Waals surface area contributed by atoms with Crippen LogP contribution in [0.25, 0.3) is 0 Å². The number of nitrogens with one attached hydrogen (secondary N) is 1. The van der Waals surface area contributed by atoms with E-state index in [2.05, 4.69) is 19.9 Å². The van der Waals surface area contributed by atoms with Crippen LogP contribution < -0.4 is 4.72 Å². The number of carboxylic acid groups (broad SMARTS) is 1. The molecule has 3 aromatic rings. The first-order valence-electron chi connectivity index (χ1n) is 7.88. The topological polar surface area (TPSA) is 141 Å². The van der Waals surface area contributed by atoms with E-state index in [-0.39, 0.29) is 22.0 Å². The Morgan fingerprint density at radius 3 is 2.36 bits per heavy atom. The average molecular weight is 398 g/mol. The molecule has 0 spiro atoms. The van der Waals surface area contributed by atoms with E-state index in [0.717, 1.165) is 0 Å². The number of phenols is 1. The maximum atomic E-state index is 12.3. The van der Waals surface area contributed by atoms with Gasteiger partial charge in [0.15, 0.2) is 5.75 Å². The molecule has 0 atom stereocenters. The molecule has 0 saturated carbocycles. The third-order valence-corrected chi connectivity index (χ3v) is 4.94. The van der Waals surface area contributed by atoms with Crippen molar-refractivity contribution in [1.82, 2.24) is 4.98 Å². The standard InChI is InChI=1S/C18H14N4O5S/c23-17-14(18(24)25)4-3-5-15(17)21-20-12-7-9-13(10-8-12)28(26,27)22-16-6-1-2-11-19-16/h1-11,23H,(H,19,22)(H,24,25)/b21-20+. The van der Waals surface area contributed by atoms with E-state index < -0.39 is 21.7 Å². The minimum absolute atomic E-state index is 0.00725. The quantitative estimate of drug-likeness (QED) is 0.541. The van der Waals surface area contributed by atoms with Crippen LogP contribution in [-0.4, -0.2) is 29.6 Å². The van der Waals surface area contributed by atoms with Crippen molar-refractivity contribution in [3.63, 3.8) is 0 Å². The van der Waals surface area contributed by atoms with Gasteiger partial charge in [-0.25, -0.2) is 18.2 Å². The van der Waals surface area contributed by atoms with Crippen LogP contribution in [0.2, 0.25) is 0 Å². The fourth-order valence-electron chi connectivity index (χ4n) is 2.21. The molecule has 1 aromatic heterocycles. The number of sulfonamides is 1. The van der Waals surface area contributed by atoms with Gasteiger partial charge < -0.3 is 10.2 Å². The Hall–Kier alpha value is -3.79. The van der Waals surface area contributed by atoms with Crippen LogP contribution in [0.4, 0.5) is 17.2 Å². The lowest BCUT2D eigenvalue weighted by Gasteiger charge is -2.07. The van der Waals surface area contributed by atoms with Gasteiger partial charge in [-0.1, -0.05) is 12.1 Å². The zero-order valence-corrected chi connectivity index (χ0v) is 15.0. The Balaban J connectivity index is 1.79. The number of pyridine rings is 1. The van der Waals surface area contributed by atoms with Crippen LogP contribution >= 0.6 is 0 Å². The lowest BCUT2D eigenvalue weighted by Crippen LogP contribution is -2.13. The van der Waals surface area contributed by atoms with E-state index in [9.17, 15) is 18.3 Å². The van der Waals surface area contributed by atoms with Crippen molar-refractivity contribution in [1.29, 1.82) is 0 Å². The molecule has 0 radical (unpaired) electrons. The largest absolute Gasteiger partial charge is 0.505 e. The van der Waals surface area contributed by atoms with E-state index in [4.69, 9.17) is 5.11 Å². The first kappa shape index (κ1) is 19.0. The van der Waals surface area contributed by atoms with Crippen LogP contribution in [-0.2, 0) is 10.0 Å². The Morgan fingerprint density at radius 1 is 0.964 bits per heavy atom. The van der Waals surface area contributed by atoms with E-state index in [1.54, 1.807) is 12.1 Å². The number of benzene rings is 2. The summed E-state index contributed by atoms with van der Waals surface area (Å²) < 4.78 is 27.0. The highest BCUT2D eigenvalue weighted by Gasteiger charge is 2.15. The molecular formula is C18H14N4O5S. The third kappa shape index (κ3) is 4.30. The molecule has 28 heavy (non-hydrogen) atoms. The van der Waals surface area contributed by atoms with Gasteiger partial charge in [-0.2, -0.15) is 5.11 Å². The molecule has 0 bridgehead atoms. The summed E-state index contributed by atoms with van der Waals surface area (Å²) in [4.78, 5) is 14.9. The maximum absolute atomic E-state index is 12.3. The van der Waals surface area contributed by atoms with E-state index in [1.807, 2.05) is 0 Å².